The van der Waals surface area contributed by atoms with Crippen molar-refractivity contribution in [2.24, 2.45) is 0 Å². The zero-order valence-corrected chi connectivity index (χ0v) is 78.0. The van der Waals surface area contributed by atoms with Gasteiger partial charge in [-0.25, -0.2) is 9.50 Å². The Hall–Kier alpha value is -6.34. The molecule has 9 heterocycles. The zero-order chi connectivity index (χ0) is 81.1. The van der Waals surface area contributed by atoms with Gasteiger partial charge in [0, 0.05) is 188 Å². The Morgan fingerprint density at radius 3 is 1.37 bits per heavy atom. The molecule has 10 amide bonds. The number of amides is 10. The third-order valence-electron chi connectivity index (χ3n) is 17.1. The van der Waals surface area contributed by atoms with Crippen molar-refractivity contribution in [2.45, 2.75) is 94.3 Å². The Morgan fingerprint density at radius 2 is 0.891 bits per heavy atom. The van der Waals surface area contributed by atoms with Crippen LogP contribution < -0.4 is 26.6 Å². The number of nitrogens with one attached hydrogen (secondary N) is 5. The fourth-order valence-electron chi connectivity index (χ4n) is 12.0. The number of thiazole rings is 1. The van der Waals surface area contributed by atoms with Crippen molar-refractivity contribution in [2.75, 3.05) is 65.4 Å². The molecule has 24 nitrogen and oxygen atoms in total. The molecule has 5 fully saturated rings. The standard InChI is InChI=1S/C18H20N2O2.C15H14N4O2.C15H13N3O2S.C14H14N2O2.C13H13N3O2.5CH4.5Y/c1-2-19-17(21)14-10-11-20(12-14)18(22)16-9-5-7-13-6-3-4-8-15(13)16;1-2-16-14(20)11-6-8-18(10-11)15(21)12-9-17-19-7-4-3-5-13(12)19;1-2-16-13(19)10-7-8-18(9-10)15(20)14-17-11-5-3-4-6-12(11)21-14;1-2-15-13(17)12-8-9-16(10-12)14(18)11-6-4-3-5-7-11;1-2-14-12(17)10-6-8-16(9-10)13(18)11-5-3-4-7-15-11;;;;;;;;;;/h3-4,6,8,16H,1,5,7,9-12H2,(H,19,21);3-5,7,9H,1,6,8,10H2,(H,16,20);3-6H,1,7-9H2,(H,16,19);3-7H,1,8-10H2,(H,15,17);3-5,7H,1,6,8-9H2,(H,14,17);5*1H4;;;;;/q5*-2;;;;;;;;;;/i;;;;;5*1T;;;;;. The Balaban J connectivity index is 0. The number of carbonyl (C=O) groups excluding carboxylic acids is 10. The Labute approximate surface area is 785 Å². The van der Waals surface area contributed by atoms with E-state index in [1.54, 1.807) is 73.0 Å². The maximum atomic E-state index is 12.8. The number of benzene rings is 3. The molecule has 30 heteroatoms. The zero-order valence-electron chi connectivity index (χ0n) is 67.9. The second kappa shape index (κ2) is 53.6. The Kier molecular flexibility index (Phi) is 46.8. The number of hydrogen-bond donors (Lipinski definition) is 5. The van der Waals surface area contributed by atoms with Gasteiger partial charge in [0.2, 0.25) is 5.91 Å². The van der Waals surface area contributed by atoms with Crippen molar-refractivity contribution in [1.82, 2.24) is 70.7 Å². The van der Waals surface area contributed by atoms with Gasteiger partial charge >= 0.3 is 0 Å². The van der Waals surface area contributed by atoms with Crippen LogP contribution in [0.5, 0.6) is 0 Å². The van der Waals surface area contributed by atoms with E-state index in [-0.39, 0.29) is 229 Å². The number of rotatable bonds is 15. The fourth-order valence-corrected chi connectivity index (χ4v) is 12.9. The van der Waals surface area contributed by atoms with Crippen molar-refractivity contribution < 1.29 is 218 Å². The molecule has 0 bridgehead atoms. The summed E-state index contributed by atoms with van der Waals surface area (Å²) < 4.78 is 31.4. The Morgan fingerprint density at radius 1 is 0.473 bits per heavy atom. The molecule has 1 aliphatic carbocycles. The van der Waals surface area contributed by atoms with Crippen LogP contribution in [-0.4, -0.2) is 169 Å². The van der Waals surface area contributed by atoms with Crippen molar-refractivity contribution in [3.05, 3.63) is 260 Å². The van der Waals surface area contributed by atoms with E-state index < -0.39 is 0 Å². The number of aromatic nitrogens is 4. The fraction of sp³-hybridized carbons (Fsp3) is 0.300. The summed E-state index contributed by atoms with van der Waals surface area (Å²) in [5.41, 5.74) is 5.63. The first kappa shape index (κ1) is 96.0. The summed E-state index contributed by atoms with van der Waals surface area (Å²) in [6.07, 6.45) is 22.7. The summed E-state index contributed by atoms with van der Waals surface area (Å²) in [6.45, 7) is 21.3. The van der Waals surface area contributed by atoms with Crippen LogP contribution in [0.2, 0.25) is 0 Å². The van der Waals surface area contributed by atoms with Gasteiger partial charge in [-0.15, -0.1) is 11.3 Å². The van der Waals surface area contributed by atoms with E-state index in [0.717, 1.165) is 46.5 Å². The number of carbonyl (C=O) groups is 10. The molecule has 5 aliphatic heterocycles. The third kappa shape index (κ3) is 28.6. The minimum Gasteiger partial charge on any atom is -0.521 e. The first-order valence-corrected chi connectivity index (χ1v) is 33.0. The maximum Gasteiger partial charge on any atom is 0.280 e. The minimum atomic E-state index is -0.222. The van der Waals surface area contributed by atoms with Crippen LogP contribution in [-0.2, 0) is 199 Å². The van der Waals surface area contributed by atoms with Crippen molar-refractivity contribution in [3.63, 3.8) is 0 Å². The summed E-state index contributed by atoms with van der Waals surface area (Å²) in [4.78, 5) is 137. The van der Waals surface area contributed by atoms with E-state index in [1.165, 1.54) is 53.9 Å². The quantitative estimate of drug-likeness (QED) is 0.0473. The molecule has 3 aromatic carbocycles. The Bertz CT molecular complexity index is 4070. The smallest absolute Gasteiger partial charge is 0.280 e. The number of aryl methyl sites for hydroxylation is 1. The molecular formula is C80H94N14O10SY5-10. The molecule has 1 atom stereocenters. The number of hydrogen-bond acceptors (Lipinski definition) is 14. The second-order valence-electron chi connectivity index (χ2n) is 23.4. The van der Waals surface area contributed by atoms with Gasteiger partial charge in [-0.2, -0.15) is 101 Å². The van der Waals surface area contributed by atoms with Crippen molar-refractivity contribution in [3.8, 4) is 0 Å². The first-order chi connectivity index (χ1) is 53.5. The van der Waals surface area contributed by atoms with E-state index in [2.05, 4.69) is 118 Å². The van der Waals surface area contributed by atoms with Gasteiger partial charge < -0.3 is 105 Å². The van der Waals surface area contributed by atoms with Gasteiger partial charge in [0.25, 0.3) is 23.6 Å². The molecule has 6 aliphatic rings. The average molecular weight is 1900 g/mol. The topological polar surface area (TPSA) is 290 Å². The van der Waals surface area contributed by atoms with E-state index in [1.807, 2.05) is 77.7 Å². The van der Waals surface area contributed by atoms with Crippen LogP contribution >= 0.6 is 11.3 Å². The summed E-state index contributed by atoms with van der Waals surface area (Å²) in [6, 6.07) is 35.7. The molecule has 5 N–H and O–H groups in total. The van der Waals surface area contributed by atoms with E-state index >= 15 is 0 Å². The van der Waals surface area contributed by atoms with E-state index in [4.69, 9.17) is 6.85 Å². The van der Waals surface area contributed by atoms with Crippen molar-refractivity contribution in [1.29, 1.82) is 0 Å². The molecule has 5 saturated heterocycles. The van der Waals surface area contributed by atoms with Crippen LogP contribution in [0.15, 0.2) is 167 Å². The van der Waals surface area contributed by atoms with Crippen LogP contribution in [0.3, 0.4) is 0 Å². The summed E-state index contributed by atoms with van der Waals surface area (Å²) >= 11 is 1.38. The maximum absolute atomic E-state index is 12.8. The molecule has 1 unspecified atom stereocenters. The van der Waals surface area contributed by atoms with E-state index in [9.17, 15) is 47.9 Å². The number of para-hydroxylation sites is 1. The molecule has 110 heavy (non-hydrogen) atoms. The van der Waals surface area contributed by atoms with Gasteiger partial charge in [0.05, 0.1) is 33.4 Å². The summed E-state index contributed by atoms with van der Waals surface area (Å²) in [7, 11) is 6.25. The normalized spacial score (nSPS) is 14.7. The minimum absolute atomic E-state index is 0. The molecule has 7 aromatic rings. The van der Waals surface area contributed by atoms with Crippen LogP contribution in [0, 0.1) is 60.6 Å². The van der Waals surface area contributed by atoms with Crippen LogP contribution in [0.25, 0.3) is 15.7 Å². The van der Waals surface area contributed by atoms with Crippen molar-refractivity contribution >= 4 is 86.1 Å². The number of likely N-dealkylation sites (tertiary alicyclic amines) is 5. The predicted octanol–water partition coefficient (Wildman–Crippen LogP) is 9.48. The third-order valence-corrected chi connectivity index (χ3v) is 18.1. The van der Waals surface area contributed by atoms with Gasteiger partial charge in [-0.1, -0.05) is 166 Å². The number of pyridine rings is 2. The summed E-state index contributed by atoms with van der Waals surface area (Å²) in [5, 5.41) is 16.7. The summed E-state index contributed by atoms with van der Waals surface area (Å²) in [5.74, 6) is 2.05. The molecule has 13 rings (SSSR count). The van der Waals surface area contributed by atoms with Gasteiger partial charge in [0.15, 0.2) is 5.01 Å². The average Bonchev–Trinajstić information content (AvgIpc) is 1.36. The SMILES string of the molecule is C=[C-]NC(=O)[C-]1CCN(C(=O)C2CCCc3ccccc32)C1.C=[C-]NC(=O)[C-]1CCN(C(=O)c2ccccc2)C1.C=[C-]NC(=O)[C-]1CCN(C(=O)c2ccccn2)C1.C=[C-]NC(=O)[C-]1CCN(C(=O)c2cnn3ccccc23)C1.C=[C-]NC(=O)[C-]1CCN(C(=O)c2nc3ccccc3s2)C1.[3H]C.[3H]C.[3H]C.[3H]C.[3H]C.[Y].[Y].[Y].[Y].[Y]. The van der Waals surface area contributed by atoms with Crippen LogP contribution in [0.1, 0.15) is 147 Å². The molecule has 0 saturated carbocycles. The predicted molar refractivity (Wildman–Crippen MR) is 406 cm³/mol. The largest absolute Gasteiger partial charge is 0.521 e. The monoisotopic (exact) mass is 1900 g/mol. The van der Waals surface area contributed by atoms with Gasteiger partial charge in [-0.3, -0.25) is 29.0 Å². The molecule has 5 radical (unpaired) electrons. The molecule has 575 valence electrons. The molecule has 4 aromatic heterocycles. The van der Waals surface area contributed by atoms with Gasteiger partial charge in [0.1, 0.15) is 5.69 Å². The molecule has 0 spiro atoms. The first-order valence-electron chi connectivity index (χ1n) is 37.2. The van der Waals surface area contributed by atoms with Gasteiger partial charge in [-0.05, 0) is 112 Å². The van der Waals surface area contributed by atoms with Crippen LogP contribution in [0.4, 0.5) is 0 Å². The second-order valence-corrected chi connectivity index (χ2v) is 24.4. The van der Waals surface area contributed by atoms with E-state index in [0.29, 0.717) is 143 Å². The number of fused-ring (bicyclic) bond motifs is 3. The molecular weight excluding hydrogens is 1790 g/mol. The number of nitrogens with zero attached hydrogens (tertiary/aromatic N) is 9.